The number of carbonyl (C=O) groups excluding carboxylic acids is 9. The summed E-state index contributed by atoms with van der Waals surface area (Å²) in [5.41, 5.74) is -1.29. The number of alkyl carbamates (subject to hydrolysis) is 1. The van der Waals surface area contributed by atoms with Gasteiger partial charge in [-0.2, -0.15) is 4.79 Å². The van der Waals surface area contributed by atoms with Crippen molar-refractivity contribution in [2.75, 3.05) is 34.2 Å². The van der Waals surface area contributed by atoms with Crippen molar-refractivity contribution in [3.63, 3.8) is 0 Å². The highest BCUT2D eigenvalue weighted by atomic mass is 16.6. The Balaban J connectivity index is 1.51. The third kappa shape index (κ3) is 14.5. The lowest BCUT2D eigenvalue weighted by molar-refractivity contribution is -0.859. The van der Waals surface area contributed by atoms with E-state index in [0.29, 0.717) is 21.6 Å². The largest absolute Gasteiger partial charge is 0.517 e. The van der Waals surface area contributed by atoms with Crippen molar-refractivity contribution in [3.8, 4) is 0 Å². The molecular weight excluding hydrogens is 1060 g/mol. The second-order valence-corrected chi connectivity index (χ2v) is 23.8. The molecule has 1 N–H and O–H groups in total. The van der Waals surface area contributed by atoms with E-state index in [2.05, 4.69) is 5.32 Å². The van der Waals surface area contributed by atoms with Gasteiger partial charge >= 0.3 is 24.4 Å². The molecule has 7 amide bonds. The number of nitrogens with zero attached hydrogens (tertiary/aromatic N) is 5. The second-order valence-electron chi connectivity index (χ2n) is 23.8. The Bertz CT molecular complexity index is 2920. The van der Waals surface area contributed by atoms with Crippen LogP contribution in [0, 0.1) is 23.7 Å². The standard InChI is InChI=1S/C64H82N6O13/c1-42(2)51(65-59(76)80-38-45-26-17-13-18-27-45)56(73)69(61(78)82-40-47-30-21-15-22-31-47)52(43(3)4)54(71)49-35-37-70(12,62(79)83-41-48-32-23-16-24-33-48)64(49,58(75)67(11)63(7,8)9)55(72)50-34-25-36-68(50)57(74)53(44(5)6)66(10)60(77)81-39-46-28-19-14-20-29-46/h13-24,26-33,42-44,49-53H,25,34-41H2,1-12H3/p+1/t49?,50-,51-,52-,53-,64+,70?/m0/s1. The quantitative estimate of drug-likeness (QED) is 0.0468. The molecular formula is C64H83N6O13+. The molecule has 0 bridgehead atoms. The summed E-state index contributed by atoms with van der Waals surface area (Å²) in [4.78, 5) is 143. The van der Waals surface area contributed by atoms with Crippen LogP contribution in [0.4, 0.5) is 19.2 Å². The van der Waals surface area contributed by atoms with Gasteiger partial charge in [0.2, 0.25) is 11.7 Å². The van der Waals surface area contributed by atoms with Gasteiger partial charge in [-0.3, -0.25) is 28.9 Å². The number of quaternary nitrogens is 1. The first-order valence-electron chi connectivity index (χ1n) is 28.5. The molecule has 0 spiro atoms. The van der Waals surface area contributed by atoms with Crippen LogP contribution < -0.4 is 5.32 Å². The number of benzene rings is 4. The summed E-state index contributed by atoms with van der Waals surface area (Å²) in [6.07, 6.45) is -4.14. The normalized spacial score (nSPS) is 19.7. The van der Waals surface area contributed by atoms with Gasteiger partial charge in [-0.25, -0.2) is 23.8 Å². The van der Waals surface area contributed by atoms with E-state index in [4.69, 9.17) is 18.9 Å². The zero-order chi connectivity index (χ0) is 61.0. The second kappa shape index (κ2) is 27.9. The highest BCUT2D eigenvalue weighted by molar-refractivity contribution is 6.18. The summed E-state index contributed by atoms with van der Waals surface area (Å²) < 4.78 is 22.1. The van der Waals surface area contributed by atoms with E-state index < -0.39 is 117 Å². The number of hydrogen-bond donors (Lipinski definition) is 1. The van der Waals surface area contributed by atoms with Crippen LogP contribution in [0.25, 0.3) is 0 Å². The molecule has 2 aliphatic heterocycles. The Morgan fingerprint density at radius 1 is 0.614 bits per heavy atom. The van der Waals surface area contributed by atoms with Crippen molar-refractivity contribution in [1.82, 2.24) is 24.9 Å². The fourth-order valence-corrected chi connectivity index (χ4v) is 11.2. The maximum atomic E-state index is 16.8. The van der Waals surface area contributed by atoms with Crippen LogP contribution in [0.5, 0.6) is 0 Å². The molecule has 2 aliphatic rings. The lowest BCUT2D eigenvalue weighted by Gasteiger charge is -2.48. The first kappa shape index (κ1) is 64.2. The summed E-state index contributed by atoms with van der Waals surface area (Å²) in [6, 6.07) is 29.3. The molecule has 83 heavy (non-hydrogen) atoms. The Kier molecular flexibility index (Phi) is 21.6. The zero-order valence-electron chi connectivity index (χ0n) is 50.1. The van der Waals surface area contributed by atoms with Crippen LogP contribution in [-0.4, -0.2) is 147 Å². The van der Waals surface area contributed by atoms with E-state index >= 15 is 33.6 Å². The minimum atomic E-state index is -2.75. The van der Waals surface area contributed by atoms with Crippen LogP contribution in [0.15, 0.2) is 121 Å². The predicted octanol–water partition coefficient (Wildman–Crippen LogP) is 9.35. The van der Waals surface area contributed by atoms with Gasteiger partial charge in [-0.15, -0.1) is 0 Å². The summed E-state index contributed by atoms with van der Waals surface area (Å²) >= 11 is 0. The first-order valence-corrected chi connectivity index (χ1v) is 28.5. The van der Waals surface area contributed by atoms with Gasteiger partial charge in [-0.1, -0.05) is 163 Å². The number of amides is 7. The molecule has 0 aromatic heterocycles. The Morgan fingerprint density at radius 3 is 1.51 bits per heavy atom. The number of ether oxygens (including phenoxy) is 4. The minimum Gasteiger partial charge on any atom is -0.445 e. The van der Waals surface area contributed by atoms with Gasteiger partial charge in [0.1, 0.15) is 44.6 Å². The highest BCUT2D eigenvalue weighted by Crippen LogP contribution is 2.48. The molecule has 7 atom stereocenters. The molecule has 0 radical (unpaired) electrons. The molecule has 2 saturated heterocycles. The molecule has 446 valence electrons. The topological polar surface area (TPSA) is 216 Å². The maximum Gasteiger partial charge on any atom is 0.517 e. The number of hydrogen-bond acceptors (Lipinski definition) is 13. The van der Waals surface area contributed by atoms with Crippen molar-refractivity contribution in [2.45, 2.75) is 143 Å². The number of imide groups is 1. The van der Waals surface area contributed by atoms with E-state index in [9.17, 15) is 9.59 Å². The molecule has 19 nitrogen and oxygen atoms in total. The maximum absolute atomic E-state index is 16.8. The average molecular weight is 1140 g/mol. The predicted molar refractivity (Wildman–Crippen MR) is 309 cm³/mol. The van der Waals surface area contributed by atoms with Crippen molar-refractivity contribution in [2.24, 2.45) is 23.7 Å². The molecule has 2 unspecified atom stereocenters. The number of nitrogens with one attached hydrogen (secondary N) is 1. The average Bonchev–Trinajstić information content (AvgIpc) is 1.85. The first-order chi connectivity index (χ1) is 39.3. The van der Waals surface area contributed by atoms with Crippen LogP contribution >= 0.6 is 0 Å². The van der Waals surface area contributed by atoms with Gasteiger partial charge in [-0.05, 0) is 73.6 Å². The Labute approximate surface area is 488 Å². The van der Waals surface area contributed by atoms with Crippen LogP contribution in [-0.2, 0) is 69.3 Å². The summed E-state index contributed by atoms with van der Waals surface area (Å²) in [5, 5.41) is 2.62. The van der Waals surface area contributed by atoms with Crippen LogP contribution in [0.3, 0.4) is 0 Å². The fourth-order valence-electron chi connectivity index (χ4n) is 11.2. The Hall–Kier alpha value is -7.93. The van der Waals surface area contributed by atoms with E-state index in [1.165, 1.54) is 35.8 Å². The molecule has 0 saturated carbocycles. The van der Waals surface area contributed by atoms with Crippen molar-refractivity contribution in [1.29, 1.82) is 0 Å². The van der Waals surface area contributed by atoms with Gasteiger partial charge in [0.15, 0.2) is 5.78 Å². The van der Waals surface area contributed by atoms with E-state index in [1.807, 2.05) is 6.07 Å². The zero-order valence-corrected chi connectivity index (χ0v) is 50.1. The molecule has 19 heteroatoms. The summed E-state index contributed by atoms with van der Waals surface area (Å²) in [6.45, 7) is 14.0. The Morgan fingerprint density at radius 2 is 1.06 bits per heavy atom. The highest BCUT2D eigenvalue weighted by Gasteiger charge is 2.77. The minimum absolute atomic E-state index is 0.00205. The van der Waals surface area contributed by atoms with E-state index in [1.54, 1.807) is 178 Å². The number of likely N-dealkylation sites (tertiary alicyclic amines) is 2. The number of likely N-dealkylation sites (N-methyl/N-ethyl adjacent to an activating group) is 3. The SMILES string of the molecule is CC(C)[C@H](NC(=O)OCc1ccccc1)C(=O)N(C(=O)OCc1ccccc1)[C@H](C(=O)C1CC[N+](C)(C(=O)OCc2ccccc2)[C@]1(C(=O)[C@@H]1CCCN1C(=O)[C@H](C(C)C)N(C)C(=O)OCc1ccccc1)C(=O)N(C)C(C)(C)C)C(C)C. The van der Waals surface area contributed by atoms with Gasteiger partial charge in [0, 0.05) is 32.6 Å². The molecule has 2 fully saturated rings. The van der Waals surface area contributed by atoms with Gasteiger partial charge < -0.3 is 34.1 Å². The fraction of sp³-hybridized carbons (Fsp3) is 0.484. The monoisotopic (exact) mass is 1140 g/mol. The molecule has 4 aromatic carbocycles. The number of Topliss-reactive ketones (excluding diaryl/α,β-unsaturated/α-hetero) is 2. The number of ketones is 2. The van der Waals surface area contributed by atoms with Crippen molar-refractivity contribution < 1.29 is 66.6 Å². The lowest BCUT2D eigenvalue weighted by Crippen LogP contribution is -2.78. The summed E-state index contributed by atoms with van der Waals surface area (Å²) in [7, 11) is 4.28. The third-order valence-corrected chi connectivity index (χ3v) is 16.0. The van der Waals surface area contributed by atoms with Crippen LogP contribution in [0.2, 0.25) is 0 Å². The smallest absolute Gasteiger partial charge is 0.445 e. The van der Waals surface area contributed by atoms with E-state index in [0.717, 1.165) is 5.56 Å². The van der Waals surface area contributed by atoms with Crippen molar-refractivity contribution in [3.05, 3.63) is 144 Å². The summed E-state index contributed by atoms with van der Waals surface area (Å²) in [5.74, 6) is -8.50. The lowest BCUT2D eigenvalue weighted by atomic mass is 9.70. The molecule has 0 aliphatic carbocycles. The molecule has 4 aromatic rings. The number of carbonyl (C=O) groups is 9. The van der Waals surface area contributed by atoms with E-state index in [-0.39, 0.29) is 58.8 Å². The third-order valence-electron chi connectivity index (χ3n) is 16.0. The van der Waals surface area contributed by atoms with Crippen molar-refractivity contribution >= 4 is 53.7 Å². The van der Waals surface area contributed by atoms with Crippen LogP contribution in [0.1, 0.15) is 104 Å². The van der Waals surface area contributed by atoms with Gasteiger partial charge in [0.05, 0.1) is 25.6 Å². The van der Waals surface area contributed by atoms with Gasteiger partial charge in [0.25, 0.3) is 17.4 Å². The number of rotatable bonds is 21. The molecule has 2 heterocycles. The molecule has 6 rings (SSSR count).